The van der Waals surface area contributed by atoms with Crippen molar-refractivity contribution in [1.29, 1.82) is 0 Å². The lowest BCUT2D eigenvalue weighted by Crippen LogP contribution is -2.24. The molecule has 0 aliphatic carbocycles. The number of aromatic nitrogens is 2. The summed E-state index contributed by atoms with van der Waals surface area (Å²) in [4.78, 5) is 8.09. The van der Waals surface area contributed by atoms with Gasteiger partial charge in [-0.3, -0.25) is 9.97 Å². The van der Waals surface area contributed by atoms with Crippen molar-refractivity contribution < 1.29 is 5.11 Å². The van der Waals surface area contributed by atoms with Crippen LogP contribution in [-0.2, 0) is 5.60 Å². The van der Waals surface area contributed by atoms with Gasteiger partial charge in [0.1, 0.15) is 5.60 Å². The molecule has 0 saturated heterocycles. The fourth-order valence-electron chi connectivity index (χ4n) is 1.47. The molecular weight excluding hydrogens is 268 g/mol. The molecule has 3 nitrogen and oxygen atoms in total. The van der Waals surface area contributed by atoms with Gasteiger partial charge in [-0.15, -0.1) is 0 Å². The van der Waals surface area contributed by atoms with Crippen LogP contribution in [0.1, 0.15) is 18.2 Å². The Kier molecular flexibility index (Phi) is 3.03. The average Bonchev–Trinajstić information content (AvgIpc) is 2.31. The molecule has 1 aromatic heterocycles. The average molecular weight is 279 g/mol. The van der Waals surface area contributed by atoms with Crippen LogP contribution < -0.4 is 0 Å². The molecule has 1 aromatic carbocycles. The van der Waals surface area contributed by atoms with Crippen molar-refractivity contribution >= 4 is 15.9 Å². The predicted molar refractivity (Wildman–Crippen MR) is 64.8 cm³/mol. The Morgan fingerprint density at radius 1 is 1.19 bits per heavy atom. The minimum Gasteiger partial charge on any atom is -0.379 e. The van der Waals surface area contributed by atoms with Crippen LogP contribution in [-0.4, -0.2) is 15.1 Å². The minimum atomic E-state index is -1.12. The summed E-state index contributed by atoms with van der Waals surface area (Å²) in [5, 5.41) is 10.4. The van der Waals surface area contributed by atoms with Gasteiger partial charge in [0.25, 0.3) is 0 Å². The zero-order valence-electron chi connectivity index (χ0n) is 8.76. The van der Waals surface area contributed by atoms with Crippen molar-refractivity contribution in [1.82, 2.24) is 9.97 Å². The summed E-state index contributed by atoms with van der Waals surface area (Å²) < 4.78 is 0.978. The fourth-order valence-corrected chi connectivity index (χ4v) is 1.74. The molecule has 0 saturated carbocycles. The maximum atomic E-state index is 10.4. The lowest BCUT2D eigenvalue weighted by molar-refractivity contribution is 0.0969. The first kappa shape index (κ1) is 11.2. The molecule has 0 spiro atoms. The van der Waals surface area contributed by atoms with Crippen LogP contribution in [0.4, 0.5) is 0 Å². The summed E-state index contributed by atoms with van der Waals surface area (Å²) in [7, 11) is 0. The molecule has 4 heteroatoms. The number of aliphatic hydroxyl groups is 1. The fraction of sp³-hybridized carbons (Fsp3) is 0.167. The number of hydrogen-bond acceptors (Lipinski definition) is 3. The van der Waals surface area contributed by atoms with E-state index in [-0.39, 0.29) is 0 Å². The second-order valence-electron chi connectivity index (χ2n) is 3.67. The van der Waals surface area contributed by atoms with Crippen molar-refractivity contribution in [3.8, 4) is 0 Å². The number of halogens is 1. The number of nitrogens with zero attached hydrogens (tertiary/aromatic N) is 2. The largest absolute Gasteiger partial charge is 0.379 e. The van der Waals surface area contributed by atoms with Gasteiger partial charge in [-0.25, -0.2) is 0 Å². The third-order valence-electron chi connectivity index (χ3n) is 2.47. The van der Waals surface area contributed by atoms with E-state index in [0.29, 0.717) is 5.69 Å². The standard InChI is InChI=1S/C12H11BrN2O/c1-12(16,11-8-14-6-7-15-11)9-2-4-10(13)5-3-9/h2-8,16H,1H3. The van der Waals surface area contributed by atoms with E-state index in [2.05, 4.69) is 25.9 Å². The van der Waals surface area contributed by atoms with E-state index in [1.807, 2.05) is 24.3 Å². The van der Waals surface area contributed by atoms with Crippen molar-refractivity contribution in [2.45, 2.75) is 12.5 Å². The van der Waals surface area contributed by atoms with Crippen molar-refractivity contribution in [3.63, 3.8) is 0 Å². The van der Waals surface area contributed by atoms with Crippen molar-refractivity contribution in [2.24, 2.45) is 0 Å². The van der Waals surface area contributed by atoms with Gasteiger partial charge in [-0.2, -0.15) is 0 Å². The number of benzene rings is 1. The van der Waals surface area contributed by atoms with Crippen LogP contribution in [0.5, 0.6) is 0 Å². The maximum Gasteiger partial charge on any atom is 0.130 e. The van der Waals surface area contributed by atoms with Crippen LogP contribution in [0, 0.1) is 0 Å². The van der Waals surface area contributed by atoms with Crippen LogP contribution in [0.25, 0.3) is 0 Å². The van der Waals surface area contributed by atoms with Gasteiger partial charge in [0.05, 0.1) is 11.9 Å². The molecule has 0 aliphatic rings. The van der Waals surface area contributed by atoms with Crippen LogP contribution in [0.2, 0.25) is 0 Å². The Bertz CT molecular complexity index is 468. The third-order valence-corrected chi connectivity index (χ3v) is 3.00. The molecule has 2 rings (SSSR count). The highest BCUT2D eigenvalue weighted by atomic mass is 79.9. The lowest BCUT2D eigenvalue weighted by atomic mass is 9.93. The summed E-state index contributed by atoms with van der Waals surface area (Å²) in [5.74, 6) is 0. The molecule has 82 valence electrons. The Morgan fingerprint density at radius 2 is 1.88 bits per heavy atom. The molecule has 0 radical (unpaired) electrons. The normalized spacial score (nSPS) is 14.4. The first-order chi connectivity index (χ1) is 7.60. The van der Waals surface area contributed by atoms with Gasteiger partial charge in [-0.1, -0.05) is 28.1 Å². The monoisotopic (exact) mass is 278 g/mol. The zero-order chi connectivity index (χ0) is 11.6. The SMILES string of the molecule is CC(O)(c1ccc(Br)cc1)c1cnccn1. The summed E-state index contributed by atoms with van der Waals surface area (Å²) >= 11 is 3.36. The van der Waals surface area contributed by atoms with Gasteiger partial charge in [0.15, 0.2) is 0 Å². The Hall–Kier alpha value is -1.26. The minimum absolute atomic E-state index is 0.539. The van der Waals surface area contributed by atoms with Crippen LogP contribution in [0.3, 0.4) is 0 Å². The van der Waals surface area contributed by atoms with Crippen LogP contribution >= 0.6 is 15.9 Å². The quantitative estimate of drug-likeness (QED) is 0.918. The molecule has 16 heavy (non-hydrogen) atoms. The number of rotatable bonds is 2. The smallest absolute Gasteiger partial charge is 0.130 e. The summed E-state index contributed by atoms with van der Waals surface area (Å²) in [6.45, 7) is 1.71. The van der Waals surface area contributed by atoms with Crippen LogP contribution in [0.15, 0.2) is 47.3 Å². The van der Waals surface area contributed by atoms with Gasteiger partial charge < -0.3 is 5.11 Å². The van der Waals surface area contributed by atoms with Gasteiger partial charge in [0, 0.05) is 16.9 Å². The summed E-state index contributed by atoms with van der Waals surface area (Å²) in [5.41, 5.74) is 0.211. The Labute approximate surface area is 102 Å². The van der Waals surface area contributed by atoms with E-state index in [1.54, 1.807) is 25.5 Å². The molecule has 0 amide bonds. The molecule has 1 heterocycles. The highest BCUT2D eigenvalue weighted by molar-refractivity contribution is 9.10. The highest BCUT2D eigenvalue weighted by Crippen LogP contribution is 2.27. The second-order valence-corrected chi connectivity index (χ2v) is 4.59. The Balaban J connectivity index is 2.43. The molecule has 0 fully saturated rings. The maximum absolute atomic E-state index is 10.4. The predicted octanol–water partition coefficient (Wildman–Crippen LogP) is 2.49. The van der Waals surface area contributed by atoms with E-state index >= 15 is 0 Å². The third kappa shape index (κ3) is 2.13. The molecule has 0 bridgehead atoms. The molecule has 2 aromatic rings. The molecule has 1 N–H and O–H groups in total. The van der Waals surface area contributed by atoms with E-state index in [4.69, 9.17) is 0 Å². The highest BCUT2D eigenvalue weighted by Gasteiger charge is 2.27. The number of hydrogen-bond donors (Lipinski definition) is 1. The molecule has 1 unspecified atom stereocenters. The zero-order valence-corrected chi connectivity index (χ0v) is 10.3. The first-order valence-corrected chi connectivity index (χ1v) is 5.65. The van der Waals surface area contributed by atoms with Crippen molar-refractivity contribution in [3.05, 3.63) is 58.6 Å². The summed E-state index contributed by atoms with van der Waals surface area (Å²) in [6.07, 6.45) is 4.73. The first-order valence-electron chi connectivity index (χ1n) is 4.85. The summed E-state index contributed by atoms with van der Waals surface area (Å²) in [6, 6.07) is 7.50. The van der Waals surface area contributed by atoms with Crippen molar-refractivity contribution in [2.75, 3.05) is 0 Å². The second kappa shape index (κ2) is 4.31. The van der Waals surface area contributed by atoms with E-state index in [0.717, 1.165) is 10.0 Å². The van der Waals surface area contributed by atoms with E-state index < -0.39 is 5.60 Å². The molecule has 1 atom stereocenters. The van der Waals surface area contributed by atoms with Gasteiger partial charge in [-0.05, 0) is 24.6 Å². The van der Waals surface area contributed by atoms with E-state index in [9.17, 15) is 5.11 Å². The lowest BCUT2D eigenvalue weighted by Gasteiger charge is -2.22. The van der Waals surface area contributed by atoms with Gasteiger partial charge in [0.2, 0.25) is 0 Å². The Morgan fingerprint density at radius 3 is 2.44 bits per heavy atom. The van der Waals surface area contributed by atoms with E-state index in [1.165, 1.54) is 0 Å². The molecule has 0 aliphatic heterocycles. The van der Waals surface area contributed by atoms with Gasteiger partial charge >= 0.3 is 0 Å². The topological polar surface area (TPSA) is 46.0 Å². The molecular formula is C12H11BrN2O.